The molecule has 0 saturated heterocycles. The lowest BCUT2D eigenvalue weighted by molar-refractivity contribution is 0.0818. The van der Waals surface area contributed by atoms with Crippen molar-refractivity contribution in [3.63, 3.8) is 0 Å². The number of halogens is 1. The molecule has 0 unspecified atom stereocenters. The molecule has 0 fully saturated rings. The molecule has 1 atom stereocenters. The first-order chi connectivity index (χ1) is 8.66. The smallest absolute Gasteiger partial charge is 0.202 e. The Kier molecular flexibility index (Phi) is 4.00. The van der Waals surface area contributed by atoms with E-state index < -0.39 is 6.10 Å². The van der Waals surface area contributed by atoms with Gasteiger partial charge in [-0.1, -0.05) is 41.9 Å². The third-order valence-electron chi connectivity index (χ3n) is 2.55. The highest BCUT2D eigenvalue weighted by atomic mass is 35.5. The summed E-state index contributed by atoms with van der Waals surface area (Å²) in [6, 6.07) is 16.1. The van der Waals surface area contributed by atoms with E-state index in [1.54, 1.807) is 43.3 Å². The topological polar surface area (TPSA) is 26.3 Å². The minimum absolute atomic E-state index is 0.0365. The molecule has 2 aromatic rings. The molecule has 0 spiro atoms. The summed E-state index contributed by atoms with van der Waals surface area (Å²) in [6.07, 6.45) is -0.520. The molecule has 92 valence electrons. The SMILES string of the molecule is C[C@H](Oc1ccc(Cl)cc1)C(=O)c1ccccc1. The Balaban J connectivity index is 2.06. The second-order valence-electron chi connectivity index (χ2n) is 3.94. The Morgan fingerprint density at radius 3 is 2.28 bits per heavy atom. The van der Waals surface area contributed by atoms with Gasteiger partial charge in [-0.05, 0) is 31.2 Å². The summed E-state index contributed by atoms with van der Waals surface area (Å²) in [5, 5.41) is 0.643. The lowest BCUT2D eigenvalue weighted by Gasteiger charge is -2.13. The molecule has 2 rings (SSSR count). The van der Waals surface area contributed by atoms with Crippen LogP contribution in [0, 0.1) is 0 Å². The van der Waals surface area contributed by atoms with Crippen LogP contribution in [-0.2, 0) is 0 Å². The van der Waals surface area contributed by atoms with Gasteiger partial charge in [-0.25, -0.2) is 0 Å². The Bertz CT molecular complexity index is 520. The molecule has 0 saturated carbocycles. The summed E-state index contributed by atoms with van der Waals surface area (Å²) in [7, 11) is 0. The summed E-state index contributed by atoms with van der Waals surface area (Å²) in [5.74, 6) is 0.599. The van der Waals surface area contributed by atoms with Crippen LogP contribution in [0.4, 0.5) is 0 Å². The minimum atomic E-state index is -0.520. The van der Waals surface area contributed by atoms with E-state index >= 15 is 0 Å². The average Bonchev–Trinajstić information content (AvgIpc) is 2.41. The van der Waals surface area contributed by atoms with Gasteiger partial charge in [-0.3, -0.25) is 4.79 Å². The summed E-state index contributed by atoms with van der Waals surface area (Å²) in [4.78, 5) is 12.1. The summed E-state index contributed by atoms with van der Waals surface area (Å²) >= 11 is 5.78. The van der Waals surface area contributed by atoms with Crippen LogP contribution < -0.4 is 4.74 Å². The predicted molar refractivity (Wildman–Crippen MR) is 72.3 cm³/mol. The van der Waals surface area contributed by atoms with Gasteiger partial charge in [0.15, 0.2) is 6.10 Å². The number of Topliss-reactive ketones (excluding diaryl/α,β-unsaturated/α-hetero) is 1. The highest BCUT2D eigenvalue weighted by molar-refractivity contribution is 6.30. The van der Waals surface area contributed by atoms with E-state index in [0.29, 0.717) is 16.3 Å². The number of carbonyl (C=O) groups is 1. The Morgan fingerprint density at radius 2 is 1.67 bits per heavy atom. The second kappa shape index (κ2) is 5.69. The van der Waals surface area contributed by atoms with E-state index in [1.807, 2.05) is 18.2 Å². The van der Waals surface area contributed by atoms with Crippen molar-refractivity contribution in [3.8, 4) is 5.75 Å². The number of rotatable bonds is 4. The molecule has 2 nitrogen and oxygen atoms in total. The number of carbonyl (C=O) groups excluding carboxylic acids is 1. The molecular weight excluding hydrogens is 248 g/mol. The molecule has 0 N–H and O–H groups in total. The molecule has 0 aliphatic carbocycles. The van der Waals surface area contributed by atoms with E-state index in [-0.39, 0.29) is 5.78 Å². The Hall–Kier alpha value is -1.80. The number of hydrogen-bond donors (Lipinski definition) is 0. The first kappa shape index (κ1) is 12.7. The highest BCUT2D eigenvalue weighted by Gasteiger charge is 2.16. The maximum Gasteiger partial charge on any atom is 0.202 e. The number of benzene rings is 2. The molecule has 0 heterocycles. The van der Waals surface area contributed by atoms with E-state index in [1.165, 1.54) is 0 Å². The molecule has 0 aromatic heterocycles. The highest BCUT2D eigenvalue weighted by Crippen LogP contribution is 2.18. The largest absolute Gasteiger partial charge is 0.483 e. The first-order valence-corrected chi connectivity index (χ1v) is 6.06. The van der Waals surface area contributed by atoms with Gasteiger partial charge in [0, 0.05) is 10.6 Å². The molecule has 0 aliphatic rings. The van der Waals surface area contributed by atoms with E-state index in [2.05, 4.69) is 0 Å². The first-order valence-electron chi connectivity index (χ1n) is 5.68. The van der Waals surface area contributed by atoms with Crippen LogP contribution in [0.1, 0.15) is 17.3 Å². The van der Waals surface area contributed by atoms with E-state index in [9.17, 15) is 4.79 Å². The van der Waals surface area contributed by atoms with Crippen LogP contribution >= 0.6 is 11.6 Å². The zero-order valence-corrected chi connectivity index (χ0v) is 10.7. The summed E-state index contributed by atoms with van der Waals surface area (Å²) in [5.41, 5.74) is 0.652. The number of hydrogen-bond acceptors (Lipinski definition) is 2. The van der Waals surface area contributed by atoms with Gasteiger partial charge in [-0.2, -0.15) is 0 Å². The molecule has 3 heteroatoms. The normalized spacial score (nSPS) is 11.9. The van der Waals surface area contributed by atoms with Crippen molar-refractivity contribution in [1.82, 2.24) is 0 Å². The van der Waals surface area contributed by atoms with Gasteiger partial charge in [0.25, 0.3) is 0 Å². The zero-order chi connectivity index (χ0) is 13.0. The molecule has 18 heavy (non-hydrogen) atoms. The van der Waals surface area contributed by atoms with Gasteiger partial charge >= 0.3 is 0 Å². The fraction of sp³-hybridized carbons (Fsp3) is 0.133. The van der Waals surface area contributed by atoms with Crippen LogP contribution in [0.3, 0.4) is 0 Å². The van der Waals surface area contributed by atoms with Crippen molar-refractivity contribution in [2.45, 2.75) is 13.0 Å². The van der Waals surface area contributed by atoms with Crippen LogP contribution in [-0.4, -0.2) is 11.9 Å². The van der Waals surface area contributed by atoms with E-state index in [0.717, 1.165) is 0 Å². The second-order valence-corrected chi connectivity index (χ2v) is 4.38. The standard InChI is InChI=1S/C15H13ClO2/c1-11(15(17)12-5-3-2-4-6-12)18-14-9-7-13(16)8-10-14/h2-11H,1H3/t11-/m0/s1. The van der Waals surface area contributed by atoms with Crippen LogP contribution in [0.5, 0.6) is 5.75 Å². The maximum absolute atomic E-state index is 12.1. The van der Waals surface area contributed by atoms with Gasteiger partial charge in [-0.15, -0.1) is 0 Å². The van der Waals surface area contributed by atoms with Crippen LogP contribution in [0.2, 0.25) is 5.02 Å². The van der Waals surface area contributed by atoms with Crippen molar-refractivity contribution >= 4 is 17.4 Å². The number of ether oxygens (including phenoxy) is 1. The van der Waals surface area contributed by atoms with Crippen molar-refractivity contribution in [3.05, 3.63) is 65.2 Å². The van der Waals surface area contributed by atoms with Gasteiger partial charge in [0.2, 0.25) is 5.78 Å². The molecule has 0 bridgehead atoms. The Labute approximate surface area is 111 Å². The zero-order valence-electron chi connectivity index (χ0n) is 9.97. The van der Waals surface area contributed by atoms with Crippen molar-refractivity contribution in [2.24, 2.45) is 0 Å². The lowest BCUT2D eigenvalue weighted by Crippen LogP contribution is -2.23. The monoisotopic (exact) mass is 260 g/mol. The van der Waals surface area contributed by atoms with Gasteiger partial charge < -0.3 is 4.74 Å². The molecular formula is C15H13ClO2. The molecule has 0 aliphatic heterocycles. The van der Waals surface area contributed by atoms with E-state index in [4.69, 9.17) is 16.3 Å². The van der Waals surface area contributed by atoms with Gasteiger partial charge in [0.1, 0.15) is 5.75 Å². The molecule has 0 radical (unpaired) electrons. The summed E-state index contributed by atoms with van der Waals surface area (Å²) < 4.78 is 5.58. The fourth-order valence-corrected chi connectivity index (χ4v) is 1.73. The summed E-state index contributed by atoms with van der Waals surface area (Å²) in [6.45, 7) is 1.74. The predicted octanol–water partition coefficient (Wildman–Crippen LogP) is 3.99. The van der Waals surface area contributed by atoms with Gasteiger partial charge in [0.05, 0.1) is 0 Å². The Morgan fingerprint density at radius 1 is 1.06 bits per heavy atom. The number of ketones is 1. The third-order valence-corrected chi connectivity index (χ3v) is 2.81. The van der Waals surface area contributed by atoms with Crippen LogP contribution in [0.25, 0.3) is 0 Å². The molecule has 0 amide bonds. The fourth-order valence-electron chi connectivity index (χ4n) is 1.61. The average molecular weight is 261 g/mol. The van der Waals surface area contributed by atoms with Crippen molar-refractivity contribution in [2.75, 3.05) is 0 Å². The molecule has 2 aromatic carbocycles. The lowest BCUT2D eigenvalue weighted by atomic mass is 10.1. The van der Waals surface area contributed by atoms with Crippen molar-refractivity contribution < 1.29 is 9.53 Å². The maximum atomic E-state index is 12.1. The van der Waals surface area contributed by atoms with Crippen molar-refractivity contribution in [1.29, 1.82) is 0 Å². The third kappa shape index (κ3) is 3.11. The quantitative estimate of drug-likeness (QED) is 0.777. The minimum Gasteiger partial charge on any atom is -0.483 e. The van der Waals surface area contributed by atoms with Crippen LogP contribution in [0.15, 0.2) is 54.6 Å².